The van der Waals surface area contributed by atoms with Gasteiger partial charge in [-0.2, -0.15) is 0 Å². The van der Waals surface area contributed by atoms with Crippen molar-refractivity contribution in [3.8, 4) is 0 Å². The van der Waals surface area contributed by atoms with Gasteiger partial charge in [-0.05, 0) is 19.1 Å². The topological polar surface area (TPSA) is 45.8 Å². The monoisotopic (exact) mass is 236 g/mol. The van der Waals surface area contributed by atoms with E-state index in [-0.39, 0.29) is 5.78 Å². The van der Waals surface area contributed by atoms with Gasteiger partial charge in [-0.3, -0.25) is 4.79 Å². The summed E-state index contributed by atoms with van der Waals surface area (Å²) in [6.07, 6.45) is 0. The Morgan fingerprint density at radius 3 is 2.50 bits per heavy atom. The van der Waals surface area contributed by atoms with E-state index in [1.807, 2.05) is 55.5 Å². The van der Waals surface area contributed by atoms with E-state index in [1.165, 1.54) is 0 Å². The summed E-state index contributed by atoms with van der Waals surface area (Å²) in [5.74, 6) is 0.311. The molecule has 0 atom stereocenters. The predicted molar refractivity (Wildman–Crippen MR) is 70.7 cm³/mol. The van der Waals surface area contributed by atoms with Crippen LogP contribution in [0.15, 0.2) is 48.5 Å². The van der Waals surface area contributed by atoms with E-state index in [4.69, 9.17) is 0 Å². The molecule has 0 aliphatic rings. The highest BCUT2D eigenvalue weighted by Crippen LogP contribution is 2.14. The van der Waals surface area contributed by atoms with Crippen LogP contribution in [0.1, 0.15) is 21.7 Å². The largest absolute Gasteiger partial charge is 0.335 e. The first kappa shape index (κ1) is 10.7. The SMILES string of the molecule is Cc1ccc(C(=O)c2nc3ccccc3[nH]2)cc1. The van der Waals surface area contributed by atoms with Gasteiger partial charge in [0.2, 0.25) is 5.78 Å². The summed E-state index contributed by atoms with van der Waals surface area (Å²) < 4.78 is 0. The van der Waals surface area contributed by atoms with Gasteiger partial charge in [-0.15, -0.1) is 0 Å². The van der Waals surface area contributed by atoms with Crippen molar-refractivity contribution < 1.29 is 4.79 Å². The van der Waals surface area contributed by atoms with Crippen molar-refractivity contribution >= 4 is 16.8 Å². The van der Waals surface area contributed by atoms with Gasteiger partial charge in [-0.1, -0.05) is 42.0 Å². The zero-order valence-corrected chi connectivity index (χ0v) is 9.97. The molecule has 3 rings (SSSR count). The van der Waals surface area contributed by atoms with Gasteiger partial charge < -0.3 is 4.98 Å². The van der Waals surface area contributed by atoms with Crippen LogP contribution in [0.25, 0.3) is 11.0 Å². The Kier molecular flexibility index (Phi) is 2.45. The van der Waals surface area contributed by atoms with E-state index < -0.39 is 0 Å². The van der Waals surface area contributed by atoms with Crippen LogP contribution >= 0.6 is 0 Å². The number of rotatable bonds is 2. The number of H-pyrrole nitrogens is 1. The number of benzene rings is 2. The summed E-state index contributed by atoms with van der Waals surface area (Å²) in [5.41, 5.74) is 3.48. The Bertz CT molecular complexity index is 678. The number of ketones is 1. The fourth-order valence-corrected chi connectivity index (χ4v) is 1.90. The molecule has 0 spiro atoms. The molecule has 0 aliphatic carbocycles. The Hall–Kier alpha value is -2.42. The molecule has 3 heteroatoms. The molecule has 18 heavy (non-hydrogen) atoms. The van der Waals surface area contributed by atoms with Crippen LogP contribution in [-0.2, 0) is 0 Å². The van der Waals surface area contributed by atoms with Crippen molar-refractivity contribution in [2.24, 2.45) is 0 Å². The molecule has 0 unspecified atom stereocenters. The van der Waals surface area contributed by atoms with Crippen LogP contribution in [-0.4, -0.2) is 15.8 Å². The third-order valence-electron chi connectivity index (χ3n) is 2.92. The first-order valence-corrected chi connectivity index (χ1v) is 5.80. The third-order valence-corrected chi connectivity index (χ3v) is 2.92. The van der Waals surface area contributed by atoms with Crippen LogP contribution < -0.4 is 0 Å². The number of carbonyl (C=O) groups excluding carboxylic acids is 1. The Balaban J connectivity index is 2.03. The van der Waals surface area contributed by atoms with Crippen molar-refractivity contribution in [2.75, 3.05) is 0 Å². The number of aromatic nitrogens is 2. The minimum Gasteiger partial charge on any atom is -0.335 e. The molecule has 3 aromatic rings. The summed E-state index contributed by atoms with van der Waals surface area (Å²) in [6, 6.07) is 15.1. The fourth-order valence-electron chi connectivity index (χ4n) is 1.90. The summed E-state index contributed by atoms with van der Waals surface area (Å²) >= 11 is 0. The lowest BCUT2D eigenvalue weighted by Crippen LogP contribution is -2.03. The van der Waals surface area contributed by atoms with E-state index in [1.54, 1.807) is 0 Å². The molecule has 0 saturated heterocycles. The number of carbonyl (C=O) groups is 1. The molecule has 1 aromatic heterocycles. The normalized spacial score (nSPS) is 10.7. The van der Waals surface area contributed by atoms with Gasteiger partial charge in [-0.25, -0.2) is 4.98 Å². The van der Waals surface area contributed by atoms with Crippen LogP contribution in [0.2, 0.25) is 0 Å². The maximum atomic E-state index is 12.2. The van der Waals surface area contributed by atoms with Gasteiger partial charge in [0.25, 0.3) is 0 Å². The average molecular weight is 236 g/mol. The molecule has 0 fully saturated rings. The van der Waals surface area contributed by atoms with Crippen LogP contribution in [0, 0.1) is 6.92 Å². The number of hydrogen-bond donors (Lipinski definition) is 1. The van der Waals surface area contributed by atoms with E-state index in [0.29, 0.717) is 11.4 Å². The molecule has 0 saturated carbocycles. The molecule has 0 radical (unpaired) electrons. The lowest BCUT2D eigenvalue weighted by molar-refractivity contribution is 0.103. The van der Waals surface area contributed by atoms with Crippen LogP contribution in [0.4, 0.5) is 0 Å². The third kappa shape index (κ3) is 1.80. The van der Waals surface area contributed by atoms with E-state index in [9.17, 15) is 4.79 Å². The number of nitrogens with one attached hydrogen (secondary N) is 1. The molecule has 0 bridgehead atoms. The van der Waals surface area contributed by atoms with Crippen LogP contribution in [0.3, 0.4) is 0 Å². The number of aryl methyl sites for hydroxylation is 1. The molecule has 1 N–H and O–H groups in total. The second-order valence-corrected chi connectivity index (χ2v) is 4.30. The van der Waals surface area contributed by atoms with Crippen molar-refractivity contribution in [2.45, 2.75) is 6.92 Å². The lowest BCUT2D eigenvalue weighted by atomic mass is 10.1. The predicted octanol–water partition coefficient (Wildman–Crippen LogP) is 3.10. The Labute approximate surface area is 104 Å². The summed E-state index contributed by atoms with van der Waals surface area (Å²) in [4.78, 5) is 19.6. The zero-order chi connectivity index (χ0) is 12.5. The second kappa shape index (κ2) is 4.11. The molecule has 88 valence electrons. The number of hydrogen-bond acceptors (Lipinski definition) is 2. The number of aromatic amines is 1. The van der Waals surface area contributed by atoms with E-state index in [0.717, 1.165) is 16.6 Å². The number of para-hydroxylation sites is 2. The van der Waals surface area contributed by atoms with Gasteiger partial charge in [0.15, 0.2) is 5.82 Å². The van der Waals surface area contributed by atoms with Gasteiger partial charge in [0.05, 0.1) is 11.0 Å². The molecule has 2 aromatic carbocycles. The Morgan fingerprint density at radius 2 is 1.78 bits per heavy atom. The molecule has 0 aliphatic heterocycles. The molecular formula is C15H12N2O. The maximum absolute atomic E-state index is 12.2. The summed E-state index contributed by atoms with van der Waals surface area (Å²) in [7, 11) is 0. The van der Waals surface area contributed by atoms with Crippen molar-refractivity contribution in [1.29, 1.82) is 0 Å². The second-order valence-electron chi connectivity index (χ2n) is 4.30. The quantitative estimate of drug-likeness (QED) is 0.695. The molecule has 1 heterocycles. The number of fused-ring (bicyclic) bond motifs is 1. The molecule has 3 nitrogen and oxygen atoms in total. The number of nitrogens with zero attached hydrogens (tertiary/aromatic N) is 1. The first-order valence-electron chi connectivity index (χ1n) is 5.80. The Morgan fingerprint density at radius 1 is 1.06 bits per heavy atom. The van der Waals surface area contributed by atoms with Crippen molar-refractivity contribution in [1.82, 2.24) is 9.97 Å². The lowest BCUT2D eigenvalue weighted by Gasteiger charge is -1.97. The van der Waals surface area contributed by atoms with Crippen LogP contribution in [0.5, 0.6) is 0 Å². The molecular weight excluding hydrogens is 224 g/mol. The highest BCUT2D eigenvalue weighted by atomic mass is 16.1. The first-order chi connectivity index (χ1) is 8.74. The summed E-state index contributed by atoms with van der Waals surface area (Å²) in [5, 5.41) is 0. The van der Waals surface area contributed by atoms with Gasteiger partial charge in [0, 0.05) is 5.56 Å². The average Bonchev–Trinajstić information content (AvgIpc) is 2.82. The standard InChI is InChI=1S/C15H12N2O/c1-10-6-8-11(9-7-10)14(18)15-16-12-4-2-3-5-13(12)17-15/h2-9H,1H3,(H,16,17). The van der Waals surface area contributed by atoms with Crippen molar-refractivity contribution in [3.63, 3.8) is 0 Å². The maximum Gasteiger partial charge on any atom is 0.228 e. The highest BCUT2D eigenvalue weighted by Gasteiger charge is 2.13. The van der Waals surface area contributed by atoms with E-state index >= 15 is 0 Å². The smallest absolute Gasteiger partial charge is 0.228 e. The minimum atomic E-state index is -0.0776. The fraction of sp³-hybridized carbons (Fsp3) is 0.0667. The van der Waals surface area contributed by atoms with Gasteiger partial charge >= 0.3 is 0 Å². The molecule has 0 amide bonds. The van der Waals surface area contributed by atoms with Crippen molar-refractivity contribution in [3.05, 3.63) is 65.5 Å². The summed E-state index contributed by atoms with van der Waals surface area (Å²) in [6.45, 7) is 2.00. The van der Waals surface area contributed by atoms with E-state index in [2.05, 4.69) is 9.97 Å². The number of imidazole rings is 1. The zero-order valence-electron chi connectivity index (χ0n) is 9.97. The highest BCUT2D eigenvalue weighted by molar-refractivity contribution is 6.07. The van der Waals surface area contributed by atoms with Gasteiger partial charge in [0.1, 0.15) is 0 Å². The minimum absolute atomic E-state index is 0.0776.